The van der Waals surface area contributed by atoms with Crippen LogP contribution in [0, 0.1) is 5.92 Å². The predicted molar refractivity (Wildman–Crippen MR) is 72.9 cm³/mol. The van der Waals surface area contributed by atoms with Crippen LogP contribution in [0.5, 0.6) is 0 Å². The number of nitrogens with one attached hydrogen (secondary N) is 1. The lowest BCUT2D eigenvalue weighted by molar-refractivity contribution is 0.200. The van der Waals surface area contributed by atoms with Crippen molar-refractivity contribution in [1.29, 1.82) is 0 Å². The van der Waals surface area contributed by atoms with Gasteiger partial charge in [-0.3, -0.25) is 0 Å². The van der Waals surface area contributed by atoms with Crippen LogP contribution in [-0.2, 0) is 13.1 Å². The van der Waals surface area contributed by atoms with E-state index in [1.807, 2.05) is 7.05 Å². The third-order valence-electron chi connectivity index (χ3n) is 3.62. The first-order valence-electron chi connectivity index (χ1n) is 6.69. The van der Waals surface area contributed by atoms with Gasteiger partial charge in [0.25, 0.3) is 0 Å². The van der Waals surface area contributed by atoms with Crippen molar-refractivity contribution in [3.8, 4) is 0 Å². The molecule has 0 atom stereocenters. The third-order valence-corrected chi connectivity index (χ3v) is 3.62. The molecule has 2 nitrogen and oxygen atoms in total. The highest BCUT2D eigenvalue weighted by molar-refractivity contribution is 5.23. The highest BCUT2D eigenvalue weighted by atomic mass is 15.1. The number of rotatable bonds is 6. The van der Waals surface area contributed by atoms with Crippen LogP contribution in [0.25, 0.3) is 0 Å². The summed E-state index contributed by atoms with van der Waals surface area (Å²) < 4.78 is 0. The molecule has 0 spiro atoms. The molecule has 0 heterocycles. The van der Waals surface area contributed by atoms with Crippen molar-refractivity contribution in [2.75, 3.05) is 20.6 Å². The van der Waals surface area contributed by atoms with Crippen molar-refractivity contribution in [3.05, 3.63) is 35.4 Å². The second-order valence-corrected chi connectivity index (χ2v) is 5.34. The molecule has 1 N–H and O–H groups in total. The SMILES string of the molecule is CNCc1cccc(CN(C)CC2CCC2)c1. The molecule has 17 heavy (non-hydrogen) atoms. The Hall–Kier alpha value is -0.860. The molecule has 0 bridgehead atoms. The smallest absolute Gasteiger partial charge is 0.0230 e. The van der Waals surface area contributed by atoms with Crippen molar-refractivity contribution in [2.24, 2.45) is 5.92 Å². The monoisotopic (exact) mass is 232 g/mol. The Labute approximate surface area is 105 Å². The van der Waals surface area contributed by atoms with E-state index in [1.54, 1.807) is 0 Å². The minimum atomic E-state index is 0.959. The Morgan fingerprint density at radius 2 is 2.06 bits per heavy atom. The van der Waals surface area contributed by atoms with E-state index in [4.69, 9.17) is 0 Å². The van der Waals surface area contributed by atoms with Crippen molar-refractivity contribution >= 4 is 0 Å². The lowest BCUT2D eigenvalue weighted by Crippen LogP contribution is -2.29. The largest absolute Gasteiger partial charge is 0.316 e. The molecular formula is C15H24N2. The van der Waals surface area contributed by atoms with E-state index >= 15 is 0 Å². The molecule has 94 valence electrons. The minimum Gasteiger partial charge on any atom is -0.316 e. The quantitative estimate of drug-likeness (QED) is 0.811. The third kappa shape index (κ3) is 3.83. The zero-order chi connectivity index (χ0) is 12.1. The zero-order valence-corrected chi connectivity index (χ0v) is 11.1. The van der Waals surface area contributed by atoms with E-state index in [2.05, 4.69) is 41.5 Å². The Morgan fingerprint density at radius 1 is 1.29 bits per heavy atom. The zero-order valence-electron chi connectivity index (χ0n) is 11.1. The molecule has 0 amide bonds. The normalized spacial score (nSPS) is 16.2. The first kappa shape index (κ1) is 12.6. The van der Waals surface area contributed by atoms with Crippen LogP contribution in [0.15, 0.2) is 24.3 Å². The second-order valence-electron chi connectivity index (χ2n) is 5.34. The lowest BCUT2D eigenvalue weighted by atomic mass is 9.85. The standard InChI is InChI=1S/C15H24N2/c1-16-10-14-7-4-8-15(9-14)12-17(2)11-13-5-3-6-13/h4,7-9,13,16H,3,5-6,10-12H2,1-2H3. The van der Waals surface area contributed by atoms with E-state index in [1.165, 1.54) is 36.9 Å². The Kier molecular flexibility index (Phi) is 4.57. The summed E-state index contributed by atoms with van der Waals surface area (Å²) >= 11 is 0. The average Bonchev–Trinajstić information content (AvgIpc) is 2.25. The van der Waals surface area contributed by atoms with Gasteiger partial charge >= 0.3 is 0 Å². The maximum atomic E-state index is 3.20. The van der Waals surface area contributed by atoms with Gasteiger partial charge in [0.15, 0.2) is 0 Å². The van der Waals surface area contributed by atoms with Gasteiger partial charge in [0.05, 0.1) is 0 Å². The molecule has 0 unspecified atom stereocenters. The van der Waals surface area contributed by atoms with Crippen molar-refractivity contribution in [3.63, 3.8) is 0 Å². The van der Waals surface area contributed by atoms with Crippen LogP contribution >= 0.6 is 0 Å². The maximum absolute atomic E-state index is 3.20. The van der Waals surface area contributed by atoms with Crippen LogP contribution in [0.4, 0.5) is 0 Å². The van der Waals surface area contributed by atoms with E-state index in [0.29, 0.717) is 0 Å². The average molecular weight is 232 g/mol. The number of benzene rings is 1. The predicted octanol–water partition coefficient (Wildman–Crippen LogP) is 2.64. The molecule has 1 fully saturated rings. The fourth-order valence-electron chi connectivity index (χ4n) is 2.53. The number of hydrogen-bond donors (Lipinski definition) is 1. The van der Waals surface area contributed by atoms with E-state index in [9.17, 15) is 0 Å². The van der Waals surface area contributed by atoms with Gasteiger partial charge in [0.1, 0.15) is 0 Å². The molecule has 0 aliphatic heterocycles. The van der Waals surface area contributed by atoms with Crippen molar-refractivity contribution in [2.45, 2.75) is 32.4 Å². The molecule has 0 saturated heterocycles. The maximum Gasteiger partial charge on any atom is 0.0230 e. The lowest BCUT2D eigenvalue weighted by Gasteiger charge is -2.30. The summed E-state index contributed by atoms with van der Waals surface area (Å²) in [7, 11) is 4.23. The molecule has 1 aromatic rings. The minimum absolute atomic E-state index is 0.959. The van der Waals surface area contributed by atoms with E-state index in [-0.39, 0.29) is 0 Å². The van der Waals surface area contributed by atoms with E-state index < -0.39 is 0 Å². The van der Waals surface area contributed by atoms with E-state index in [0.717, 1.165) is 19.0 Å². The van der Waals surface area contributed by atoms with Gasteiger partial charge in [-0.25, -0.2) is 0 Å². The fraction of sp³-hybridized carbons (Fsp3) is 0.600. The molecular weight excluding hydrogens is 208 g/mol. The summed E-state index contributed by atoms with van der Waals surface area (Å²) in [5.41, 5.74) is 2.81. The molecule has 2 heteroatoms. The van der Waals surface area contributed by atoms with Gasteiger partial charge in [-0.2, -0.15) is 0 Å². The van der Waals surface area contributed by atoms with Gasteiger partial charge < -0.3 is 10.2 Å². The molecule has 1 saturated carbocycles. The van der Waals surface area contributed by atoms with Crippen LogP contribution in [0.2, 0.25) is 0 Å². The van der Waals surface area contributed by atoms with Crippen LogP contribution in [-0.4, -0.2) is 25.5 Å². The summed E-state index contributed by atoms with van der Waals surface area (Å²) in [4.78, 5) is 2.46. The van der Waals surface area contributed by atoms with Crippen molar-refractivity contribution < 1.29 is 0 Å². The van der Waals surface area contributed by atoms with Gasteiger partial charge in [-0.05, 0) is 44.0 Å². The summed E-state index contributed by atoms with van der Waals surface area (Å²) in [6.45, 7) is 3.30. The molecule has 1 aromatic carbocycles. The number of nitrogens with zero attached hydrogens (tertiary/aromatic N) is 1. The molecule has 0 radical (unpaired) electrons. The van der Waals surface area contributed by atoms with Gasteiger partial charge in [-0.15, -0.1) is 0 Å². The summed E-state index contributed by atoms with van der Waals surface area (Å²) in [6, 6.07) is 8.90. The highest BCUT2D eigenvalue weighted by Gasteiger charge is 2.18. The van der Waals surface area contributed by atoms with Crippen LogP contribution in [0.3, 0.4) is 0 Å². The fourth-order valence-corrected chi connectivity index (χ4v) is 2.53. The summed E-state index contributed by atoms with van der Waals surface area (Å²) in [5, 5.41) is 3.20. The van der Waals surface area contributed by atoms with Gasteiger partial charge in [-0.1, -0.05) is 30.7 Å². The van der Waals surface area contributed by atoms with Gasteiger partial charge in [0.2, 0.25) is 0 Å². The Bertz CT molecular complexity index is 345. The van der Waals surface area contributed by atoms with Gasteiger partial charge in [0, 0.05) is 19.6 Å². The van der Waals surface area contributed by atoms with Crippen LogP contribution in [0.1, 0.15) is 30.4 Å². The highest BCUT2D eigenvalue weighted by Crippen LogP contribution is 2.27. The summed E-state index contributed by atoms with van der Waals surface area (Å²) in [6.07, 6.45) is 4.31. The topological polar surface area (TPSA) is 15.3 Å². The summed E-state index contributed by atoms with van der Waals surface area (Å²) in [5.74, 6) is 0.959. The first-order valence-corrected chi connectivity index (χ1v) is 6.69. The van der Waals surface area contributed by atoms with Crippen LogP contribution < -0.4 is 5.32 Å². The molecule has 0 aromatic heterocycles. The number of hydrogen-bond acceptors (Lipinski definition) is 2. The molecule has 1 aliphatic carbocycles. The second kappa shape index (κ2) is 6.18. The molecule has 2 rings (SSSR count). The molecule has 1 aliphatic rings. The van der Waals surface area contributed by atoms with Crippen molar-refractivity contribution in [1.82, 2.24) is 10.2 Å². The Balaban J connectivity index is 1.85. The Morgan fingerprint density at radius 3 is 2.71 bits per heavy atom. The first-order chi connectivity index (χ1) is 8.28.